The highest BCUT2D eigenvalue weighted by molar-refractivity contribution is 14.0. The number of benzene rings is 1. The quantitative estimate of drug-likeness (QED) is 0.298. The van der Waals surface area contributed by atoms with Crippen molar-refractivity contribution in [1.82, 2.24) is 30.7 Å². The summed E-state index contributed by atoms with van der Waals surface area (Å²) >= 11 is 0. The van der Waals surface area contributed by atoms with Gasteiger partial charge in [-0.15, -0.1) is 24.0 Å². The summed E-state index contributed by atoms with van der Waals surface area (Å²) in [6, 6.07) is 10.8. The van der Waals surface area contributed by atoms with Gasteiger partial charge in [0.25, 0.3) is 0 Å². The van der Waals surface area contributed by atoms with Crippen molar-refractivity contribution in [2.45, 2.75) is 37.9 Å². The summed E-state index contributed by atoms with van der Waals surface area (Å²) in [5, 5.41) is 14.7. The second kappa shape index (κ2) is 11.5. The summed E-state index contributed by atoms with van der Waals surface area (Å²) < 4.78 is 7.38. The minimum Gasteiger partial charge on any atom is -0.381 e. The van der Waals surface area contributed by atoms with Crippen molar-refractivity contribution in [3.8, 4) is 0 Å². The molecule has 0 bridgehead atoms. The minimum atomic E-state index is -0.0457. The van der Waals surface area contributed by atoms with E-state index in [4.69, 9.17) is 4.74 Å². The van der Waals surface area contributed by atoms with Gasteiger partial charge in [0.1, 0.15) is 12.2 Å². The van der Waals surface area contributed by atoms with Gasteiger partial charge in [0, 0.05) is 45.4 Å². The molecule has 0 amide bonds. The van der Waals surface area contributed by atoms with Gasteiger partial charge in [-0.3, -0.25) is 9.67 Å². The zero-order chi connectivity index (χ0) is 19.8. The SMILES string of the molecule is CN=C(NCc1ncnn1C)NCC1(NC(C)c2ccccc2)CCOCC1.I. The Bertz CT molecular complexity index is 759. The van der Waals surface area contributed by atoms with Crippen LogP contribution in [0.15, 0.2) is 41.7 Å². The Kier molecular flexibility index (Phi) is 9.31. The molecule has 0 aliphatic carbocycles. The third kappa shape index (κ3) is 6.65. The number of halogens is 1. The summed E-state index contributed by atoms with van der Waals surface area (Å²) in [5.41, 5.74) is 1.24. The van der Waals surface area contributed by atoms with Crippen LogP contribution in [0.3, 0.4) is 0 Å². The van der Waals surface area contributed by atoms with E-state index >= 15 is 0 Å². The molecule has 0 saturated carbocycles. The third-order valence-electron chi connectivity index (χ3n) is 5.31. The van der Waals surface area contributed by atoms with Crippen LogP contribution in [-0.4, -0.2) is 53.1 Å². The highest BCUT2D eigenvalue weighted by Gasteiger charge is 2.34. The molecule has 2 heterocycles. The minimum absolute atomic E-state index is 0. The Hall–Kier alpha value is -1.72. The number of rotatable bonds is 7. The average Bonchev–Trinajstić information content (AvgIpc) is 3.14. The van der Waals surface area contributed by atoms with Crippen LogP contribution in [0.1, 0.15) is 37.2 Å². The topological polar surface area (TPSA) is 88.4 Å². The molecule has 1 saturated heterocycles. The molecule has 8 nitrogen and oxygen atoms in total. The smallest absolute Gasteiger partial charge is 0.191 e. The number of hydrogen-bond donors (Lipinski definition) is 3. The highest BCUT2D eigenvalue weighted by Crippen LogP contribution is 2.25. The lowest BCUT2D eigenvalue weighted by Crippen LogP contribution is -2.58. The van der Waals surface area contributed by atoms with E-state index in [0.29, 0.717) is 6.54 Å². The first-order valence-electron chi connectivity index (χ1n) is 9.80. The fraction of sp³-hybridized carbons (Fsp3) is 0.550. The molecule has 1 atom stereocenters. The van der Waals surface area contributed by atoms with Crippen LogP contribution in [0.4, 0.5) is 0 Å². The molecule has 1 fully saturated rings. The lowest BCUT2D eigenvalue weighted by Gasteiger charge is -2.41. The molecular weight excluding hydrogens is 481 g/mol. The number of nitrogens with one attached hydrogen (secondary N) is 3. The summed E-state index contributed by atoms with van der Waals surface area (Å²) in [5.74, 6) is 1.61. The van der Waals surface area contributed by atoms with Crippen molar-refractivity contribution >= 4 is 29.9 Å². The first-order chi connectivity index (χ1) is 13.6. The molecule has 160 valence electrons. The van der Waals surface area contributed by atoms with E-state index in [9.17, 15) is 0 Å². The number of nitrogens with zero attached hydrogens (tertiary/aromatic N) is 4. The Labute approximate surface area is 189 Å². The maximum absolute atomic E-state index is 5.62. The molecule has 0 spiro atoms. The van der Waals surface area contributed by atoms with Crippen LogP contribution < -0.4 is 16.0 Å². The lowest BCUT2D eigenvalue weighted by molar-refractivity contribution is 0.0355. The number of ether oxygens (including phenoxy) is 1. The van der Waals surface area contributed by atoms with E-state index in [-0.39, 0.29) is 35.6 Å². The molecule has 1 aromatic heterocycles. The molecular formula is C20H32IN7O. The number of aliphatic imine (C=N–C) groups is 1. The van der Waals surface area contributed by atoms with E-state index in [1.54, 1.807) is 18.1 Å². The van der Waals surface area contributed by atoms with Crippen molar-refractivity contribution < 1.29 is 4.74 Å². The second-order valence-electron chi connectivity index (χ2n) is 7.25. The maximum atomic E-state index is 5.62. The van der Waals surface area contributed by atoms with Gasteiger partial charge in [0.15, 0.2) is 5.96 Å². The van der Waals surface area contributed by atoms with E-state index in [1.807, 2.05) is 7.05 Å². The van der Waals surface area contributed by atoms with Gasteiger partial charge in [0.05, 0.1) is 6.54 Å². The van der Waals surface area contributed by atoms with Gasteiger partial charge >= 0.3 is 0 Å². The van der Waals surface area contributed by atoms with Gasteiger partial charge in [-0.05, 0) is 25.3 Å². The number of aryl methyl sites for hydroxylation is 1. The van der Waals surface area contributed by atoms with Crippen LogP contribution in [-0.2, 0) is 18.3 Å². The van der Waals surface area contributed by atoms with Gasteiger partial charge in [-0.1, -0.05) is 30.3 Å². The zero-order valence-corrected chi connectivity index (χ0v) is 19.7. The highest BCUT2D eigenvalue weighted by atomic mass is 127. The lowest BCUT2D eigenvalue weighted by atomic mass is 9.88. The molecule has 1 aliphatic rings. The first kappa shape index (κ1) is 23.6. The summed E-state index contributed by atoms with van der Waals surface area (Å²) in [6.07, 6.45) is 3.47. The maximum Gasteiger partial charge on any atom is 0.191 e. The van der Waals surface area contributed by atoms with Gasteiger partial charge in [0.2, 0.25) is 0 Å². The van der Waals surface area contributed by atoms with E-state index < -0.39 is 0 Å². The summed E-state index contributed by atoms with van der Waals surface area (Å²) in [4.78, 5) is 8.58. The van der Waals surface area contributed by atoms with Crippen LogP contribution in [0.5, 0.6) is 0 Å². The molecule has 0 radical (unpaired) electrons. The predicted molar refractivity (Wildman–Crippen MR) is 125 cm³/mol. The van der Waals surface area contributed by atoms with Crippen LogP contribution in [0.25, 0.3) is 0 Å². The van der Waals surface area contributed by atoms with Crippen LogP contribution in [0.2, 0.25) is 0 Å². The van der Waals surface area contributed by atoms with Gasteiger partial charge < -0.3 is 20.7 Å². The Morgan fingerprint density at radius 1 is 1.24 bits per heavy atom. The molecule has 2 aromatic rings. The van der Waals surface area contributed by atoms with Gasteiger partial charge in [-0.25, -0.2) is 4.98 Å². The Morgan fingerprint density at radius 2 is 1.97 bits per heavy atom. The van der Waals surface area contributed by atoms with Crippen molar-refractivity contribution in [2.24, 2.45) is 12.0 Å². The fourth-order valence-electron chi connectivity index (χ4n) is 3.54. The monoisotopic (exact) mass is 513 g/mol. The van der Waals surface area contributed by atoms with E-state index in [0.717, 1.165) is 44.4 Å². The largest absolute Gasteiger partial charge is 0.381 e. The van der Waals surface area contributed by atoms with Crippen molar-refractivity contribution in [1.29, 1.82) is 0 Å². The molecule has 1 aromatic carbocycles. The van der Waals surface area contributed by atoms with Crippen molar-refractivity contribution in [2.75, 3.05) is 26.8 Å². The summed E-state index contributed by atoms with van der Waals surface area (Å²) in [6.45, 7) is 5.09. The zero-order valence-electron chi connectivity index (χ0n) is 17.4. The number of guanidine groups is 1. The summed E-state index contributed by atoms with van der Waals surface area (Å²) in [7, 11) is 3.66. The van der Waals surface area contributed by atoms with E-state index in [1.165, 1.54) is 5.56 Å². The predicted octanol–water partition coefficient (Wildman–Crippen LogP) is 2.00. The molecule has 1 unspecified atom stereocenters. The van der Waals surface area contributed by atoms with Crippen LogP contribution in [0, 0.1) is 0 Å². The molecule has 3 N–H and O–H groups in total. The first-order valence-corrected chi connectivity index (χ1v) is 9.80. The van der Waals surface area contributed by atoms with Crippen molar-refractivity contribution in [3.63, 3.8) is 0 Å². The molecule has 1 aliphatic heterocycles. The fourth-order valence-corrected chi connectivity index (χ4v) is 3.54. The van der Waals surface area contributed by atoms with Crippen LogP contribution >= 0.6 is 24.0 Å². The molecule has 29 heavy (non-hydrogen) atoms. The molecule has 3 rings (SSSR count). The Morgan fingerprint density at radius 3 is 2.59 bits per heavy atom. The molecule has 9 heteroatoms. The Balaban J connectivity index is 0.00000300. The number of hydrogen-bond acceptors (Lipinski definition) is 5. The average molecular weight is 513 g/mol. The van der Waals surface area contributed by atoms with E-state index in [2.05, 4.69) is 68.3 Å². The third-order valence-corrected chi connectivity index (χ3v) is 5.31. The van der Waals surface area contributed by atoms with Crippen molar-refractivity contribution in [3.05, 3.63) is 48.0 Å². The normalized spacial score (nSPS) is 17.3. The standard InChI is InChI=1S/C20H31N7O.HI/c1-16(17-7-5-4-6-8-17)26-20(9-11-28-12-10-20)14-23-19(21-2)22-13-18-24-15-25-27(18)3;/h4-8,15-16,26H,9-14H2,1-3H3,(H2,21,22,23);1H. The van der Waals surface area contributed by atoms with Gasteiger partial charge in [-0.2, -0.15) is 5.10 Å². The second-order valence-corrected chi connectivity index (χ2v) is 7.25. The number of aromatic nitrogens is 3.